The average Bonchev–Trinajstić information content (AvgIpc) is 3.14. The Bertz CT molecular complexity index is 1030. The second-order valence-corrected chi connectivity index (χ2v) is 7.58. The maximum Gasteiger partial charge on any atom is 0.286 e. The van der Waals surface area contributed by atoms with Crippen LogP contribution in [-0.2, 0) is 24.9 Å². The van der Waals surface area contributed by atoms with Crippen molar-refractivity contribution < 1.29 is 14.3 Å². The number of imide groups is 1. The van der Waals surface area contributed by atoms with E-state index in [0.717, 1.165) is 45.6 Å². The third-order valence-electron chi connectivity index (χ3n) is 4.53. The summed E-state index contributed by atoms with van der Waals surface area (Å²) in [6.45, 7) is 2.35. The van der Waals surface area contributed by atoms with Gasteiger partial charge in [0.05, 0.1) is 5.25 Å². The number of fused-ring (bicyclic) bond motifs is 1. The number of amides is 2. The van der Waals surface area contributed by atoms with E-state index in [1.807, 2.05) is 48.9 Å². The van der Waals surface area contributed by atoms with Gasteiger partial charge in [0.1, 0.15) is 23.7 Å². The zero-order valence-electron chi connectivity index (χ0n) is 14.9. The lowest BCUT2D eigenvalue weighted by molar-refractivity contribution is -0.118. The summed E-state index contributed by atoms with van der Waals surface area (Å²) in [5.41, 5.74) is 3.78. The third-order valence-corrected chi connectivity index (χ3v) is 5.51. The summed E-state index contributed by atoms with van der Waals surface area (Å²) in [6.07, 6.45) is 2.29. The molecule has 1 aliphatic rings. The molecule has 1 atom stereocenters. The molecule has 1 unspecified atom stereocenters. The monoisotopic (exact) mass is 382 g/mol. The van der Waals surface area contributed by atoms with Crippen LogP contribution in [0.1, 0.15) is 17.0 Å². The fourth-order valence-electron chi connectivity index (χ4n) is 2.99. The molecule has 138 valence electrons. The minimum Gasteiger partial charge on any atom is -0.486 e. The Balaban J connectivity index is 1.42. The Kier molecular flexibility index (Phi) is 4.57. The molecule has 1 fully saturated rings. The second kappa shape index (κ2) is 7.03. The van der Waals surface area contributed by atoms with Crippen molar-refractivity contribution in [2.45, 2.75) is 25.2 Å². The topological polar surface area (TPSA) is 86.1 Å². The fourth-order valence-corrected chi connectivity index (χ4v) is 3.85. The number of nitrogens with one attached hydrogen (secondary N) is 1. The molecule has 2 aromatic heterocycles. The van der Waals surface area contributed by atoms with Gasteiger partial charge in [-0.25, -0.2) is 9.97 Å². The van der Waals surface area contributed by atoms with Gasteiger partial charge in [-0.15, -0.1) is 0 Å². The molecule has 27 heavy (non-hydrogen) atoms. The number of carbonyl (C=O) groups excluding carboxylic acids is 2. The van der Waals surface area contributed by atoms with Gasteiger partial charge in [0, 0.05) is 13.2 Å². The van der Waals surface area contributed by atoms with E-state index in [9.17, 15) is 9.59 Å². The first-order chi connectivity index (χ1) is 13.0. The quantitative estimate of drug-likeness (QED) is 0.730. The smallest absolute Gasteiger partial charge is 0.286 e. The number of carbonyl (C=O) groups is 2. The maximum atomic E-state index is 11.7. The summed E-state index contributed by atoms with van der Waals surface area (Å²) in [7, 11) is 1.93. The molecule has 8 heteroatoms. The molecule has 1 saturated heterocycles. The number of rotatable bonds is 5. The van der Waals surface area contributed by atoms with Crippen molar-refractivity contribution in [1.29, 1.82) is 0 Å². The van der Waals surface area contributed by atoms with Crippen LogP contribution < -0.4 is 10.1 Å². The van der Waals surface area contributed by atoms with Crippen LogP contribution in [0.15, 0.2) is 36.5 Å². The highest BCUT2D eigenvalue weighted by Gasteiger charge is 2.31. The predicted molar refractivity (Wildman–Crippen MR) is 103 cm³/mol. The van der Waals surface area contributed by atoms with Gasteiger partial charge in [-0.2, -0.15) is 0 Å². The number of thioether (sulfide) groups is 1. The van der Waals surface area contributed by atoms with Crippen LogP contribution in [0.3, 0.4) is 0 Å². The molecule has 0 saturated carbocycles. The highest BCUT2D eigenvalue weighted by molar-refractivity contribution is 8.15. The summed E-state index contributed by atoms with van der Waals surface area (Å²) >= 11 is 1.04. The standard InChI is InChI=1S/C19H18N4O3S/c1-11-7-8-20-17-16(11)21-15(23(17)2)10-26-13-5-3-12(4-6-13)9-14-18(24)22-19(25)27-14/h3-8,14H,9-10H2,1-2H3,(H,22,24,25). The van der Waals surface area contributed by atoms with E-state index < -0.39 is 0 Å². The third kappa shape index (κ3) is 3.52. The number of benzene rings is 1. The number of aryl methyl sites for hydroxylation is 2. The first-order valence-corrected chi connectivity index (χ1v) is 9.39. The predicted octanol–water partition coefficient (Wildman–Crippen LogP) is 2.75. The van der Waals surface area contributed by atoms with Gasteiger partial charge >= 0.3 is 0 Å². The molecule has 0 bridgehead atoms. The number of nitrogens with zero attached hydrogens (tertiary/aromatic N) is 3. The number of hydrogen-bond donors (Lipinski definition) is 1. The number of aromatic nitrogens is 3. The van der Waals surface area contributed by atoms with Crippen LogP contribution in [0.2, 0.25) is 0 Å². The van der Waals surface area contributed by atoms with Crippen molar-refractivity contribution in [3.05, 3.63) is 53.5 Å². The van der Waals surface area contributed by atoms with Gasteiger partial charge in [0.2, 0.25) is 5.91 Å². The first kappa shape index (κ1) is 17.5. The molecule has 0 aliphatic carbocycles. The molecule has 1 aromatic carbocycles. The molecule has 7 nitrogen and oxygen atoms in total. The minimum atomic E-state index is -0.361. The van der Waals surface area contributed by atoms with Crippen LogP contribution in [0.4, 0.5) is 4.79 Å². The fraction of sp³-hybridized carbons (Fsp3) is 0.263. The van der Waals surface area contributed by atoms with E-state index in [0.29, 0.717) is 13.0 Å². The van der Waals surface area contributed by atoms with Gasteiger partial charge in [0.15, 0.2) is 5.65 Å². The lowest BCUT2D eigenvalue weighted by Gasteiger charge is -2.08. The van der Waals surface area contributed by atoms with Gasteiger partial charge in [-0.3, -0.25) is 14.9 Å². The van der Waals surface area contributed by atoms with E-state index in [1.165, 1.54) is 0 Å². The molecule has 2 amide bonds. The normalized spacial score (nSPS) is 16.7. The molecular weight excluding hydrogens is 364 g/mol. The molecule has 4 rings (SSSR count). The number of hydrogen-bond acceptors (Lipinski definition) is 6. The number of ether oxygens (including phenoxy) is 1. The van der Waals surface area contributed by atoms with Gasteiger partial charge in [-0.05, 0) is 42.7 Å². The Labute approximate surface area is 160 Å². The average molecular weight is 382 g/mol. The zero-order valence-corrected chi connectivity index (χ0v) is 15.7. The number of pyridine rings is 1. The maximum absolute atomic E-state index is 11.7. The Hall–Kier alpha value is -2.87. The summed E-state index contributed by atoms with van der Waals surface area (Å²) in [6, 6.07) is 9.48. The second-order valence-electron chi connectivity index (χ2n) is 6.41. The minimum absolute atomic E-state index is 0.226. The lowest BCUT2D eigenvalue weighted by Crippen LogP contribution is -2.25. The summed E-state index contributed by atoms with van der Waals surface area (Å²) in [4.78, 5) is 31.9. The van der Waals surface area contributed by atoms with Crippen molar-refractivity contribution in [2.24, 2.45) is 7.05 Å². The van der Waals surface area contributed by atoms with Crippen LogP contribution >= 0.6 is 11.8 Å². The molecular formula is C19H18N4O3S. The molecule has 3 heterocycles. The molecule has 0 spiro atoms. The SMILES string of the molecule is Cc1ccnc2c1nc(COc1ccc(CC3SC(=O)NC3=O)cc1)n2C. The van der Waals surface area contributed by atoms with E-state index in [4.69, 9.17) is 4.74 Å². The Morgan fingerprint density at radius 1 is 1.22 bits per heavy atom. The van der Waals surface area contributed by atoms with Crippen molar-refractivity contribution in [3.63, 3.8) is 0 Å². The zero-order chi connectivity index (χ0) is 19.0. The Morgan fingerprint density at radius 2 is 2.00 bits per heavy atom. The van der Waals surface area contributed by atoms with E-state index in [-0.39, 0.29) is 16.4 Å². The summed E-state index contributed by atoms with van der Waals surface area (Å²) in [5.74, 6) is 1.29. The molecule has 1 aliphatic heterocycles. The lowest BCUT2D eigenvalue weighted by atomic mass is 10.1. The Morgan fingerprint density at radius 3 is 2.67 bits per heavy atom. The summed E-state index contributed by atoms with van der Waals surface area (Å²) < 4.78 is 7.79. The largest absolute Gasteiger partial charge is 0.486 e. The van der Waals surface area contributed by atoms with Crippen LogP contribution in [0, 0.1) is 6.92 Å². The van der Waals surface area contributed by atoms with Crippen molar-refractivity contribution in [1.82, 2.24) is 19.9 Å². The van der Waals surface area contributed by atoms with Crippen LogP contribution in [0.5, 0.6) is 5.75 Å². The number of imidazole rings is 1. The highest BCUT2D eigenvalue weighted by Crippen LogP contribution is 2.24. The van der Waals surface area contributed by atoms with Gasteiger partial charge in [0.25, 0.3) is 5.24 Å². The van der Waals surface area contributed by atoms with Gasteiger partial charge < -0.3 is 9.30 Å². The molecule has 3 aromatic rings. The van der Waals surface area contributed by atoms with E-state index in [1.54, 1.807) is 6.20 Å². The first-order valence-electron chi connectivity index (χ1n) is 8.51. The molecule has 1 N–H and O–H groups in total. The van der Waals surface area contributed by atoms with Crippen molar-refractivity contribution in [2.75, 3.05) is 0 Å². The van der Waals surface area contributed by atoms with E-state index >= 15 is 0 Å². The molecule has 0 radical (unpaired) electrons. The highest BCUT2D eigenvalue weighted by atomic mass is 32.2. The van der Waals surface area contributed by atoms with E-state index in [2.05, 4.69) is 15.3 Å². The van der Waals surface area contributed by atoms with Gasteiger partial charge in [-0.1, -0.05) is 23.9 Å². The van der Waals surface area contributed by atoms with Crippen molar-refractivity contribution >= 4 is 34.1 Å². The summed E-state index contributed by atoms with van der Waals surface area (Å²) in [5, 5.41) is 1.66. The van der Waals surface area contributed by atoms with Crippen LogP contribution in [0.25, 0.3) is 11.2 Å². The van der Waals surface area contributed by atoms with Crippen LogP contribution in [-0.4, -0.2) is 30.9 Å². The van der Waals surface area contributed by atoms with Crippen molar-refractivity contribution in [3.8, 4) is 5.75 Å².